The Balaban J connectivity index is 1.82. The molecular formula is C16H24N2O2S. The predicted octanol–water partition coefficient (Wildman–Crippen LogP) is 1.92. The number of hydrogen-bond donors (Lipinski definition) is 1. The van der Waals surface area contributed by atoms with Gasteiger partial charge in [-0.2, -0.15) is 4.31 Å². The minimum atomic E-state index is -3.33. The molecule has 0 radical (unpaired) electrons. The Hall–Kier alpha value is -0.910. The maximum absolute atomic E-state index is 12.8. The van der Waals surface area contributed by atoms with E-state index in [-0.39, 0.29) is 0 Å². The molecule has 2 N–H and O–H groups in total. The van der Waals surface area contributed by atoms with Crippen LogP contribution in [0, 0.1) is 5.92 Å². The van der Waals surface area contributed by atoms with E-state index in [0.29, 0.717) is 30.4 Å². The summed E-state index contributed by atoms with van der Waals surface area (Å²) in [6.45, 7) is 1.86. The highest BCUT2D eigenvalue weighted by atomic mass is 32.2. The molecule has 0 amide bonds. The fourth-order valence-corrected chi connectivity index (χ4v) is 4.93. The maximum atomic E-state index is 12.8. The van der Waals surface area contributed by atoms with Crippen molar-refractivity contribution in [2.75, 3.05) is 19.6 Å². The van der Waals surface area contributed by atoms with Gasteiger partial charge < -0.3 is 5.73 Å². The molecule has 116 valence electrons. The van der Waals surface area contributed by atoms with Crippen molar-refractivity contribution in [2.45, 2.75) is 43.4 Å². The quantitative estimate of drug-likeness (QED) is 0.928. The fraction of sp³-hybridized carbons (Fsp3) is 0.625. The number of nitrogens with zero attached hydrogens (tertiary/aromatic N) is 1. The maximum Gasteiger partial charge on any atom is 0.243 e. The third-order valence-electron chi connectivity index (χ3n) is 4.86. The van der Waals surface area contributed by atoms with Gasteiger partial charge in [0.2, 0.25) is 10.0 Å². The van der Waals surface area contributed by atoms with Gasteiger partial charge in [0.1, 0.15) is 0 Å². The van der Waals surface area contributed by atoms with Crippen molar-refractivity contribution in [3.8, 4) is 0 Å². The summed E-state index contributed by atoms with van der Waals surface area (Å²) < 4.78 is 27.2. The van der Waals surface area contributed by atoms with Gasteiger partial charge in [-0.1, -0.05) is 6.07 Å². The number of benzene rings is 1. The summed E-state index contributed by atoms with van der Waals surface area (Å²) in [5.74, 6) is 0.472. The van der Waals surface area contributed by atoms with Crippen LogP contribution in [-0.4, -0.2) is 32.4 Å². The Bertz CT molecular complexity index is 605. The van der Waals surface area contributed by atoms with Crippen LogP contribution < -0.4 is 5.73 Å². The molecule has 0 bridgehead atoms. The SMILES string of the molecule is NCC1CCN(S(=O)(=O)c2ccc3c(c2)CCCC3)CC1. The van der Waals surface area contributed by atoms with Gasteiger partial charge in [0.25, 0.3) is 0 Å². The van der Waals surface area contributed by atoms with Crippen molar-refractivity contribution < 1.29 is 8.42 Å². The van der Waals surface area contributed by atoms with E-state index in [1.165, 1.54) is 24.0 Å². The molecule has 0 saturated carbocycles. The summed E-state index contributed by atoms with van der Waals surface area (Å²) in [6, 6.07) is 5.70. The van der Waals surface area contributed by atoms with Crippen LogP contribution in [0.3, 0.4) is 0 Å². The van der Waals surface area contributed by atoms with Crippen molar-refractivity contribution in [2.24, 2.45) is 11.7 Å². The molecule has 2 aliphatic rings. The largest absolute Gasteiger partial charge is 0.330 e. The number of piperidine rings is 1. The summed E-state index contributed by atoms with van der Waals surface area (Å²) in [4.78, 5) is 0.467. The van der Waals surface area contributed by atoms with Crippen molar-refractivity contribution in [1.82, 2.24) is 4.31 Å². The zero-order valence-electron chi connectivity index (χ0n) is 12.4. The van der Waals surface area contributed by atoms with Crippen LogP contribution in [0.1, 0.15) is 36.8 Å². The molecule has 0 unspecified atom stereocenters. The topological polar surface area (TPSA) is 63.4 Å². The minimum Gasteiger partial charge on any atom is -0.330 e. The number of rotatable bonds is 3. The number of fused-ring (bicyclic) bond motifs is 1. The van der Waals surface area contributed by atoms with E-state index in [2.05, 4.69) is 0 Å². The van der Waals surface area contributed by atoms with Crippen molar-refractivity contribution >= 4 is 10.0 Å². The van der Waals surface area contributed by atoms with Gasteiger partial charge in [0.15, 0.2) is 0 Å². The first kappa shape index (κ1) is 15.0. The van der Waals surface area contributed by atoms with E-state index in [1.807, 2.05) is 12.1 Å². The van der Waals surface area contributed by atoms with Gasteiger partial charge in [-0.3, -0.25) is 0 Å². The molecule has 0 spiro atoms. The molecule has 1 aliphatic heterocycles. The van der Waals surface area contributed by atoms with Crippen LogP contribution in [0.2, 0.25) is 0 Å². The summed E-state index contributed by atoms with van der Waals surface area (Å²) in [5.41, 5.74) is 8.22. The van der Waals surface area contributed by atoms with E-state index in [9.17, 15) is 8.42 Å². The zero-order valence-corrected chi connectivity index (χ0v) is 13.2. The second kappa shape index (κ2) is 6.07. The predicted molar refractivity (Wildman–Crippen MR) is 83.6 cm³/mol. The molecule has 0 aromatic heterocycles. The molecule has 1 fully saturated rings. The lowest BCUT2D eigenvalue weighted by atomic mass is 9.92. The van der Waals surface area contributed by atoms with Gasteiger partial charge in [-0.15, -0.1) is 0 Å². The number of aryl methyl sites for hydroxylation is 2. The molecule has 1 saturated heterocycles. The Kier molecular flexibility index (Phi) is 4.33. The van der Waals surface area contributed by atoms with Crippen LogP contribution in [0.4, 0.5) is 0 Å². The molecule has 4 nitrogen and oxygen atoms in total. The van der Waals surface area contributed by atoms with E-state index >= 15 is 0 Å². The van der Waals surface area contributed by atoms with Crippen molar-refractivity contribution in [3.05, 3.63) is 29.3 Å². The van der Waals surface area contributed by atoms with Gasteiger partial charge >= 0.3 is 0 Å². The standard InChI is InChI=1S/C16H24N2O2S/c17-12-13-7-9-18(10-8-13)21(19,20)16-6-5-14-3-1-2-4-15(14)11-16/h5-6,11,13H,1-4,7-10,12,17H2. The molecule has 1 aromatic carbocycles. The van der Waals surface area contributed by atoms with Crippen LogP contribution in [-0.2, 0) is 22.9 Å². The van der Waals surface area contributed by atoms with Gasteiger partial charge in [0, 0.05) is 13.1 Å². The Morgan fingerprint density at radius 3 is 2.43 bits per heavy atom. The van der Waals surface area contributed by atoms with Gasteiger partial charge in [-0.05, 0) is 74.2 Å². The van der Waals surface area contributed by atoms with Crippen LogP contribution in [0.25, 0.3) is 0 Å². The molecule has 3 rings (SSSR count). The summed E-state index contributed by atoms with van der Waals surface area (Å²) in [7, 11) is -3.33. The average molecular weight is 308 g/mol. The second-order valence-corrected chi connectivity index (χ2v) is 8.16. The molecule has 1 aromatic rings. The highest BCUT2D eigenvalue weighted by Gasteiger charge is 2.29. The first-order valence-corrected chi connectivity index (χ1v) is 9.37. The normalized spacial score (nSPS) is 21.2. The van der Waals surface area contributed by atoms with Crippen LogP contribution in [0.15, 0.2) is 23.1 Å². The fourth-order valence-electron chi connectivity index (χ4n) is 3.40. The lowest BCUT2D eigenvalue weighted by Crippen LogP contribution is -2.40. The van der Waals surface area contributed by atoms with Gasteiger partial charge in [-0.25, -0.2) is 8.42 Å². The molecular weight excluding hydrogens is 284 g/mol. The molecule has 0 atom stereocenters. The molecule has 21 heavy (non-hydrogen) atoms. The average Bonchev–Trinajstić information content (AvgIpc) is 2.54. The third-order valence-corrected chi connectivity index (χ3v) is 6.76. The monoisotopic (exact) mass is 308 g/mol. The van der Waals surface area contributed by atoms with E-state index in [0.717, 1.165) is 25.7 Å². The molecule has 1 heterocycles. The lowest BCUT2D eigenvalue weighted by molar-refractivity contribution is 0.278. The van der Waals surface area contributed by atoms with E-state index < -0.39 is 10.0 Å². The number of nitrogens with two attached hydrogens (primary N) is 1. The first-order chi connectivity index (χ1) is 10.1. The second-order valence-electron chi connectivity index (χ2n) is 6.22. The zero-order chi connectivity index (χ0) is 14.9. The minimum absolute atomic E-state index is 0.467. The van der Waals surface area contributed by atoms with E-state index in [1.54, 1.807) is 10.4 Å². The van der Waals surface area contributed by atoms with Crippen LogP contribution >= 0.6 is 0 Å². The van der Waals surface area contributed by atoms with E-state index in [4.69, 9.17) is 5.73 Å². The van der Waals surface area contributed by atoms with Crippen molar-refractivity contribution in [3.63, 3.8) is 0 Å². The molecule has 1 aliphatic carbocycles. The Morgan fingerprint density at radius 2 is 1.76 bits per heavy atom. The first-order valence-electron chi connectivity index (χ1n) is 7.93. The third kappa shape index (κ3) is 3.00. The highest BCUT2D eigenvalue weighted by molar-refractivity contribution is 7.89. The molecule has 5 heteroatoms. The Labute approximate surface area is 127 Å². The highest BCUT2D eigenvalue weighted by Crippen LogP contribution is 2.27. The lowest BCUT2D eigenvalue weighted by Gasteiger charge is -2.30. The number of hydrogen-bond acceptors (Lipinski definition) is 3. The van der Waals surface area contributed by atoms with Crippen LogP contribution in [0.5, 0.6) is 0 Å². The smallest absolute Gasteiger partial charge is 0.243 e. The summed E-state index contributed by atoms with van der Waals surface area (Å²) in [6.07, 6.45) is 6.22. The van der Waals surface area contributed by atoms with Gasteiger partial charge in [0.05, 0.1) is 4.90 Å². The summed E-state index contributed by atoms with van der Waals surface area (Å²) in [5, 5.41) is 0. The summed E-state index contributed by atoms with van der Waals surface area (Å²) >= 11 is 0. The number of sulfonamides is 1. The van der Waals surface area contributed by atoms with Crippen molar-refractivity contribution in [1.29, 1.82) is 0 Å². The Morgan fingerprint density at radius 1 is 1.10 bits per heavy atom.